The first-order valence-electron chi connectivity index (χ1n) is 8.13. The molecule has 1 unspecified atom stereocenters. The Bertz CT molecular complexity index is 473. The van der Waals surface area contributed by atoms with E-state index in [0.29, 0.717) is 19.1 Å². The van der Waals surface area contributed by atoms with Crippen LogP contribution in [0.3, 0.4) is 0 Å². The van der Waals surface area contributed by atoms with Gasteiger partial charge in [-0.1, -0.05) is 32.0 Å². The number of morpholine rings is 1. The summed E-state index contributed by atoms with van der Waals surface area (Å²) in [5.41, 5.74) is 1.05. The van der Waals surface area contributed by atoms with Crippen molar-refractivity contribution in [3.05, 3.63) is 29.8 Å². The molecule has 1 aromatic rings. The number of hydrogen-bond acceptors (Lipinski definition) is 4. The van der Waals surface area contributed by atoms with Gasteiger partial charge in [-0.2, -0.15) is 0 Å². The average molecular weight is 307 g/mol. The van der Waals surface area contributed by atoms with E-state index in [-0.39, 0.29) is 5.60 Å². The van der Waals surface area contributed by atoms with Crippen molar-refractivity contribution in [2.24, 2.45) is 0 Å². The van der Waals surface area contributed by atoms with Gasteiger partial charge in [-0.3, -0.25) is 4.90 Å². The highest BCUT2D eigenvalue weighted by Crippen LogP contribution is 2.26. The lowest BCUT2D eigenvalue weighted by Gasteiger charge is -2.38. The first-order chi connectivity index (χ1) is 10.4. The average Bonchev–Trinajstić information content (AvgIpc) is 2.44. The van der Waals surface area contributed by atoms with E-state index in [1.807, 2.05) is 18.2 Å². The van der Waals surface area contributed by atoms with Gasteiger partial charge in [0.2, 0.25) is 0 Å². The Balaban J connectivity index is 1.84. The van der Waals surface area contributed by atoms with Crippen molar-refractivity contribution >= 4 is 0 Å². The smallest absolute Gasteiger partial charge is 0.122 e. The molecule has 0 aliphatic carbocycles. The van der Waals surface area contributed by atoms with E-state index in [0.717, 1.165) is 25.4 Å². The Morgan fingerprint density at radius 2 is 2.05 bits per heavy atom. The normalized spacial score (nSPS) is 20.1. The predicted octanol–water partition coefficient (Wildman–Crippen LogP) is 2.66. The lowest BCUT2D eigenvalue weighted by molar-refractivity contribution is -0.0947. The molecule has 0 amide bonds. The Labute approximate surface area is 134 Å². The van der Waals surface area contributed by atoms with E-state index in [4.69, 9.17) is 9.47 Å². The molecule has 1 fully saturated rings. The predicted molar refractivity (Wildman–Crippen MR) is 88.5 cm³/mol. The van der Waals surface area contributed by atoms with Gasteiger partial charge in [-0.25, -0.2) is 0 Å². The van der Waals surface area contributed by atoms with E-state index in [9.17, 15) is 5.11 Å². The standard InChI is InChI=1S/C18H29NO3/c1-14(2)16-7-5-6-8-17(16)21-12-15(20)11-19-9-10-22-18(3,4)13-19/h5-8,14-15,20H,9-13H2,1-4H3. The number of β-amino-alcohol motifs (C(OH)–C–C–N with tert-alkyl or cyclic N) is 1. The molecule has 2 rings (SSSR count). The molecule has 4 heteroatoms. The van der Waals surface area contributed by atoms with E-state index in [2.05, 4.69) is 38.7 Å². The number of rotatable bonds is 6. The number of ether oxygens (including phenoxy) is 2. The summed E-state index contributed by atoms with van der Waals surface area (Å²) < 4.78 is 11.5. The molecule has 0 aromatic heterocycles. The van der Waals surface area contributed by atoms with Gasteiger partial charge in [0.1, 0.15) is 18.5 Å². The molecular formula is C18H29NO3. The van der Waals surface area contributed by atoms with E-state index >= 15 is 0 Å². The lowest BCUT2D eigenvalue weighted by Crippen LogP contribution is -2.50. The molecule has 0 spiro atoms. The van der Waals surface area contributed by atoms with Crippen molar-refractivity contribution in [1.29, 1.82) is 0 Å². The van der Waals surface area contributed by atoms with Crippen molar-refractivity contribution in [2.45, 2.75) is 45.3 Å². The van der Waals surface area contributed by atoms with Crippen LogP contribution in [0.1, 0.15) is 39.2 Å². The highest BCUT2D eigenvalue weighted by atomic mass is 16.5. The molecule has 1 aliphatic heterocycles. The Hall–Kier alpha value is -1.10. The van der Waals surface area contributed by atoms with Crippen molar-refractivity contribution in [3.63, 3.8) is 0 Å². The van der Waals surface area contributed by atoms with Crippen molar-refractivity contribution in [3.8, 4) is 5.75 Å². The van der Waals surface area contributed by atoms with Crippen LogP contribution in [0.2, 0.25) is 0 Å². The first-order valence-corrected chi connectivity index (χ1v) is 8.13. The van der Waals surface area contributed by atoms with Gasteiger partial charge in [-0.15, -0.1) is 0 Å². The summed E-state index contributed by atoms with van der Waals surface area (Å²) in [5, 5.41) is 10.3. The maximum Gasteiger partial charge on any atom is 0.122 e. The van der Waals surface area contributed by atoms with E-state index in [1.54, 1.807) is 0 Å². The van der Waals surface area contributed by atoms with Crippen LogP contribution in [0, 0.1) is 0 Å². The zero-order chi connectivity index (χ0) is 16.2. The summed E-state index contributed by atoms with van der Waals surface area (Å²) in [4.78, 5) is 2.24. The monoisotopic (exact) mass is 307 g/mol. The van der Waals surface area contributed by atoms with Gasteiger partial charge in [0, 0.05) is 19.6 Å². The summed E-state index contributed by atoms with van der Waals surface area (Å²) in [5.74, 6) is 1.28. The quantitative estimate of drug-likeness (QED) is 0.877. The van der Waals surface area contributed by atoms with Crippen LogP contribution in [-0.4, -0.2) is 54.6 Å². The number of nitrogens with zero attached hydrogens (tertiary/aromatic N) is 1. The highest BCUT2D eigenvalue weighted by molar-refractivity contribution is 5.35. The topological polar surface area (TPSA) is 41.9 Å². The second-order valence-electron chi connectivity index (χ2n) is 7.00. The molecule has 124 valence electrons. The Kier molecular flexibility index (Phi) is 5.84. The van der Waals surface area contributed by atoms with Gasteiger partial charge in [0.25, 0.3) is 0 Å². The van der Waals surface area contributed by atoms with Crippen LogP contribution in [0.4, 0.5) is 0 Å². The van der Waals surface area contributed by atoms with Gasteiger partial charge >= 0.3 is 0 Å². The summed E-state index contributed by atoms with van der Waals surface area (Å²) in [6.45, 7) is 11.8. The largest absolute Gasteiger partial charge is 0.491 e. The second-order valence-corrected chi connectivity index (χ2v) is 7.00. The lowest BCUT2D eigenvalue weighted by atomic mass is 10.0. The number of aliphatic hydroxyl groups is 1. The molecule has 0 radical (unpaired) electrons. The van der Waals surface area contributed by atoms with Crippen LogP contribution in [-0.2, 0) is 4.74 Å². The van der Waals surface area contributed by atoms with E-state index < -0.39 is 6.10 Å². The van der Waals surface area contributed by atoms with Crippen LogP contribution in [0.5, 0.6) is 5.75 Å². The van der Waals surface area contributed by atoms with E-state index in [1.165, 1.54) is 5.56 Å². The summed E-state index contributed by atoms with van der Waals surface area (Å²) >= 11 is 0. The Morgan fingerprint density at radius 3 is 2.73 bits per heavy atom. The van der Waals surface area contributed by atoms with Crippen LogP contribution in [0.25, 0.3) is 0 Å². The minimum atomic E-state index is -0.492. The number of hydrogen-bond donors (Lipinski definition) is 1. The third-order valence-electron chi connectivity index (χ3n) is 3.95. The van der Waals surface area contributed by atoms with Crippen molar-refractivity contribution in [2.75, 3.05) is 32.8 Å². The molecule has 0 bridgehead atoms. The fourth-order valence-corrected chi connectivity index (χ4v) is 2.90. The minimum Gasteiger partial charge on any atom is -0.491 e. The maximum atomic E-state index is 10.3. The van der Waals surface area contributed by atoms with Crippen molar-refractivity contribution in [1.82, 2.24) is 4.90 Å². The molecule has 1 aliphatic rings. The molecule has 1 atom stereocenters. The molecule has 1 N–H and O–H groups in total. The number of para-hydroxylation sites is 1. The molecule has 1 aromatic carbocycles. The van der Waals surface area contributed by atoms with Gasteiger partial charge in [0.05, 0.1) is 12.2 Å². The second kappa shape index (κ2) is 7.44. The number of aliphatic hydroxyl groups excluding tert-OH is 1. The van der Waals surface area contributed by atoms with Crippen molar-refractivity contribution < 1.29 is 14.6 Å². The molecule has 22 heavy (non-hydrogen) atoms. The summed E-state index contributed by atoms with van der Waals surface area (Å²) in [6.07, 6.45) is -0.492. The fraction of sp³-hybridized carbons (Fsp3) is 0.667. The third-order valence-corrected chi connectivity index (χ3v) is 3.95. The maximum absolute atomic E-state index is 10.3. The van der Waals surface area contributed by atoms with Gasteiger partial charge in [0.15, 0.2) is 0 Å². The zero-order valence-electron chi connectivity index (χ0n) is 14.2. The zero-order valence-corrected chi connectivity index (χ0v) is 14.2. The minimum absolute atomic E-state index is 0.136. The SMILES string of the molecule is CC(C)c1ccccc1OCC(O)CN1CCOC(C)(C)C1. The molecule has 1 saturated heterocycles. The first kappa shape index (κ1) is 17.3. The van der Waals surface area contributed by atoms with Crippen LogP contribution >= 0.6 is 0 Å². The highest BCUT2D eigenvalue weighted by Gasteiger charge is 2.28. The summed E-state index contributed by atoms with van der Waals surface area (Å²) in [6, 6.07) is 8.04. The number of benzene rings is 1. The summed E-state index contributed by atoms with van der Waals surface area (Å²) in [7, 11) is 0. The van der Waals surface area contributed by atoms with Crippen LogP contribution < -0.4 is 4.74 Å². The van der Waals surface area contributed by atoms with Gasteiger partial charge < -0.3 is 14.6 Å². The molecular weight excluding hydrogens is 278 g/mol. The fourth-order valence-electron chi connectivity index (χ4n) is 2.90. The third kappa shape index (κ3) is 4.97. The molecule has 0 saturated carbocycles. The molecule has 4 nitrogen and oxygen atoms in total. The van der Waals surface area contributed by atoms with Gasteiger partial charge in [-0.05, 0) is 31.4 Å². The molecule has 1 heterocycles. The Morgan fingerprint density at radius 1 is 1.32 bits per heavy atom. The van der Waals surface area contributed by atoms with Crippen LogP contribution in [0.15, 0.2) is 24.3 Å².